The first-order chi connectivity index (χ1) is 10.7. The first-order valence-electron chi connectivity index (χ1n) is 8.43. The Balaban J connectivity index is 1.96. The lowest BCUT2D eigenvalue weighted by Gasteiger charge is -2.46. The molecule has 0 radical (unpaired) electrons. The average Bonchev–Trinajstić information content (AvgIpc) is 2.45. The lowest BCUT2D eigenvalue weighted by Crippen LogP contribution is -2.62. The van der Waals surface area contributed by atoms with Crippen LogP contribution in [0, 0.1) is 0 Å². The van der Waals surface area contributed by atoms with E-state index >= 15 is 0 Å². The van der Waals surface area contributed by atoms with Crippen molar-refractivity contribution in [2.75, 3.05) is 13.2 Å². The van der Waals surface area contributed by atoms with Gasteiger partial charge < -0.3 is 15.0 Å². The van der Waals surface area contributed by atoms with Crippen LogP contribution < -0.4 is 5.32 Å². The number of nitrogens with one attached hydrogen (secondary N) is 1. The highest BCUT2D eigenvalue weighted by molar-refractivity contribution is 5.76. The van der Waals surface area contributed by atoms with Crippen LogP contribution in [0.2, 0.25) is 0 Å². The smallest absolute Gasteiger partial charge is 0.318 e. The molecule has 0 saturated carbocycles. The summed E-state index contributed by atoms with van der Waals surface area (Å²) in [6.07, 6.45) is 1.99. The highest BCUT2D eigenvalue weighted by atomic mass is 16.5. The summed E-state index contributed by atoms with van der Waals surface area (Å²) >= 11 is 0. The van der Waals surface area contributed by atoms with Crippen molar-refractivity contribution in [1.29, 1.82) is 0 Å². The number of morpholine rings is 1. The van der Waals surface area contributed by atoms with Crippen molar-refractivity contribution in [2.24, 2.45) is 0 Å². The minimum atomic E-state index is -0.279. The number of nitrogens with zero attached hydrogens (tertiary/aromatic N) is 1. The Morgan fingerprint density at radius 1 is 1.30 bits per heavy atom. The molecule has 1 aromatic rings. The molecule has 1 saturated heterocycles. The van der Waals surface area contributed by atoms with Crippen LogP contribution in [0.1, 0.15) is 46.6 Å². The maximum absolute atomic E-state index is 12.6. The Morgan fingerprint density at radius 3 is 2.57 bits per heavy atom. The van der Waals surface area contributed by atoms with Crippen molar-refractivity contribution in [3.8, 4) is 0 Å². The SMILES string of the molecule is CC(C)(C)NC(=O)N1CC(CCc2ccccc2)OCC1(C)C. The van der Waals surface area contributed by atoms with E-state index in [-0.39, 0.29) is 23.2 Å². The Labute approximate surface area is 140 Å². The molecule has 128 valence electrons. The number of aryl methyl sites for hydroxylation is 1. The van der Waals surface area contributed by atoms with E-state index in [1.165, 1.54) is 5.56 Å². The number of carbonyl (C=O) groups excluding carboxylic acids is 1. The zero-order valence-electron chi connectivity index (χ0n) is 15.1. The van der Waals surface area contributed by atoms with Crippen LogP contribution in [0.4, 0.5) is 4.79 Å². The number of ether oxygens (including phenoxy) is 1. The fourth-order valence-electron chi connectivity index (χ4n) is 2.80. The van der Waals surface area contributed by atoms with Crippen molar-refractivity contribution in [2.45, 2.75) is 64.6 Å². The van der Waals surface area contributed by atoms with Crippen LogP contribution in [0.25, 0.3) is 0 Å². The fourth-order valence-corrected chi connectivity index (χ4v) is 2.80. The lowest BCUT2D eigenvalue weighted by molar-refractivity contribution is -0.0814. The maximum Gasteiger partial charge on any atom is 0.318 e. The van der Waals surface area contributed by atoms with E-state index in [1.807, 2.05) is 31.7 Å². The Hall–Kier alpha value is -1.55. The van der Waals surface area contributed by atoms with Crippen LogP contribution >= 0.6 is 0 Å². The molecule has 4 heteroatoms. The summed E-state index contributed by atoms with van der Waals surface area (Å²) in [4.78, 5) is 14.5. The molecule has 1 aliphatic rings. The number of carbonyl (C=O) groups is 1. The Kier molecular flexibility index (Phi) is 5.35. The van der Waals surface area contributed by atoms with E-state index in [2.05, 4.69) is 43.4 Å². The van der Waals surface area contributed by atoms with E-state index < -0.39 is 0 Å². The number of benzene rings is 1. The molecule has 0 spiro atoms. The second-order valence-corrected chi connectivity index (χ2v) is 8.06. The first kappa shape index (κ1) is 17.8. The molecule has 1 atom stereocenters. The largest absolute Gasteiger partial charge is 0.374 e. The molecule has 1 heterocycles. The molecule has 4 nitrogen and oxygen atoms in total. The molecule has 0 aromatic heterocycles. The van der Waals surface area contributed by atoms with E-state index in [0.717, 1.165) is 12.8 Å². The minimum absolute atomic E-state index is 0.00416. The van der Waals surface area contributed by atoms with Crippen molar-refractivity contribution >= 4 is 6.03 Å². The molecule has 1 unspecified atom stereocenters. The number of amides is 2. The predicted molar refractivity (Wildman–Crippen MR) is 93.6 cm³/mol. The van der Waals surface area contributed by atoms with Gasteiger partial charge in [-0.2, -0.15) is 0 Å². The van der Waals surface area contributed by atoms with Crippen LogP contribution in [0.5, 0.6) is 0 Å². The summed E-state index contributed by atoms with van der Waals surface area (Å²) in [7, 11) is 0. The van der Waals surface area contributed by atoms with Gasteiger partial charge in [0.2, 0.25) is 0 Å². The number of hydrogen-bond acceptors (Lipinski definition) is 2. The molecule has 2 rings (SSSR count). The summed E-state index contributed by atoms with van der Waals surface area (Å²) in [6, 6.07) is 10.4. The molecule has 0 bridgehead atoms. The molecule has 2 amide bonds. The molecule has 1 aliphatic heterocycles. The van der Waals surface area contributed by atoms with Gasteiger partial charge in [-0.05, 0) is 53.0 Å². The zero-order chi connectivity index (χ0) is 17.1. The molecular formula is C19H30N2O2. The summed E-state index contributed by atoms with van der Waals surface area (Å²) < 4.78 is 6.00. The van der Waals surface area contributed by atoms with Crippen LogP contribution in [0.3, 0.4) is 0 Å². The molecule has 0 aliphatic carbocycles. The highest BCUT2D eigenvalue weighted by Gasteiger charge is 2.38. The molecule has 1 fully saturated rings. The van der Waals surface area contributed by atoms with Crippen molar-refractivity contribution < 1.29 is 9.53 Å². The summed E-state index contributed by atoms with van der Waals surface area (Å²) in [5, 5.41) is 3.07. The maximum atomic E-state index is 12.6. The monoisotopic (exact) mass is 318 g/mol. The van der Waals surface area contributed by atoms with Gasteiger partial charge in [0.05, 0.1) is 18.2 Å². The van der Waals surface area contributed by atoms with E-state index in [0.29, 0.717) is 13.2 Å². The first-order valence-corrected chi connectivity index (χ1v) is 8.43. The van der Waals surface area contributed by atoms with Crippen molar-refractivity contribution in [1.82, 2.24) is 10.2 Å². The summed E-state index contributed by atoms with van der Waals surface area (Å²) in [6.45, 7) is 11.3. The van der Waals surface area contributed by atoms with Crippen LogP contribution in [-0.2, 0) is 11.2 Å². The third-order valence-electron chi connectivity index (χ3n) is 4.11. The number of rotatable bonds is 3. The van der Waals surface area contributed by atoms with Gasteiger partial charge in [-0.3, -0.25) is 0 Å². The van der Waals surface area contributed by atoms with Gasteiger partial charge in [-0.1, -0.05) is 30.3 Å². The fraction of sp³-hybridized carbons (Fsp3) is 0.632. The molecule has 1 aromatic carbocycles. The second-order valence-electron chi connectivity index (χ2n) is 8.06. The van der Waals surface area contributed by atoms with E-state index in [9.17, 15) is 4.79 Å². The van der Waals surface area contributed by atoms with Gasteiger partial charge in [-0.15, -0.1) is 0 Å². The molecule has 23 heavy (non-hydrogen) atoms. The second kappa shape index (κ2) is 6.91. The predicted octanol–water partition coefficient (Wildman–Crippen LogP) is 3.61. The molecule has 1 N–H and O–H groups in total. The van der Waals surface area contributed by atoms with Crippen molar-refractivity contribution in [3.63, 3.8) is 0 Å². The van der Waals surface area contributed by atoms with Gasteiger partial charge in [0.15, 0.2) is 0 Å². The van der Waals surface area contributed by atoms with Gasteiger partial charge in [-0.25, -0.2) is 4.79 Å². The van der Waals surface area contributed by atoms with Gasteiger partial charge in [0.1, 0.15) is 0 Å². The van der Waals surface area contributed by atoms with Gasteiger partial charge in [0, 0.05) is 12.1 Å². The van der Waals surface area contributed by atoms with E-state index in [4.69, 9.17) is 4.74 Å². The van der Waals surface area contributed by atoms with Gasteiger partial charge in [0.25, 0.3) is 0 Å². The number of hydrogen-bond donors (Lipinski definition) is 1. The standard InChI is InChI=1S/C19H30N2O2/c1-18(2,3)20-17(22)21-13-16(23-14-19(21,4)5)12-11-15-9-7-6-8-10-15/h6-10,16H,11-14H2,1-5H3,(H,20,22). The van der Waals surface area contributed by atoms with Crippen LogP contribution in [-0.4, -0.2) is 41.3 Å². The molecular weight excluding hydrogens is 288 g/mol. The van der Waals surface area contributed by atoms with Crippen LogP contribution in [0.15, 0.2) is 30.3 Å². The topological polar surface area (TPSA) is 41.6 Å². The Morgan fingerprint density at radius 2 is 1.96 bits per heavy atom. The van der Waals surface area contributed by atoms with Gasteiger partial charge >= 0.3 is 6.03 Å². The quantitative estimate of drug-likeness (QED) is 0.925. The zero-order valence-corrected chi connectivity index (χ0v) is 15.1. The van der Waals surface area contributed by atoms with E-state index in [1.54, 1.807) is 0 Å². The third kappa shape index (κ3) is 5.24. The lowest BCUT2D eigenvalue weighted by atomic mass is 9.98. The number of urea groups is 1. The van der Waals surface area contributed by atoms with Crippen molar-refractivity contribution in [3.05, 3.63) is 35.9 Å². The summed E-state index contributed by atoms with van der Waals surface area (Å²) in [5.41, 5.74) is 0.801. The highest BCUT2D eigenvalue weighted by Crippen LogP contribution is 2.24. The Bertz CT molecular complexity index is 520. The normalized spacial score (nSPS) is 21.1. The third-order valence-corrected chi connectivity index (χ3v) is 4.11. The average molecular weight is 318 g/mol. The summed E-state index contributed by atoms with van der Waals surface area (Å²) in [5.74, 6) is 0. The minimum Gasteiger partial charge on any atom is -0.374 e.